The Morgan fingerprint density at radius 1 is 1.00 bits per heavy atom. The minimum Gasteiger partial charge on any atom is -0.344 e. The lowest BCUT2D eigenvalue weighted by atomic mass is 10.0. The van der Waals surface area contributed by atoms with E-state index in [0.717, 1.165) is 38.5 Å². The molecule has 0 aromatic rings. The van der Waals surface area contributed by atoms with Crippen molar-refractivity contribution in [3.63, 3.8) is 0 Å². The highest BCUT2D eigenvalue weighted by atomic mass is 16.2. The summed E-state index contributed by atoms with van der Waals surface area (Å²) in [7, 11) is 7.24. The molecular formula is C21H40N4O3. The molecule has 0 aromatic carbocycles. The Morgan fingerprint density at radius 2 is 1.61 bits per heavy atom. The lowest BCUT2D eigenvalue weighted by molar-refractivity contribution is -0.141. The summed E-state index contributed by atoms with van der Waals surface area (Å²) in [5, 5.41) is 2.97. The minimum absolute atomic E-state index is 0.0386. The van der Waals surface area contributed by atoms with Gasteiger partial charge in [0, 0.05) is 20.6 Å². The molecule has 7 heteroatoms. The van der Waals surface area contributed by atoms with Gasteiger partial charge in [0.2, 0.25) is 17.7 Å². The Hall–Kier alpha value is -1.63. The van der Waals surface area contributed by atoms with E-state index >= 15 is 0 Å². The average molecular weight is 397 g/mol. The van der Waals surface area contributed by atoms with Crippen molar-refractivity contribution in [3.05, 3.63) is 0 Å². The number of likely N-dealkylation sites (N-methyl/N-ethyl adjacent to an activating group) is 3. The lowest BCUT2D eigenvalue weighted by Gasteiger charge is -2.30. The molecule has 1 heterocycles. The van der Waals surface area contributed by atoms with Gasteiger partial charge in [-0.3, -0.25) is 19.3 Å². The smallest absolute Gasteiger partial charge is 0.245 e. The summed E-state index contributed by atoms with van der Waals surface area (Å²) < 4.78 is 0. The first-order chi connectivity index (χ1) is 13.1. The SMILES string of the molecule is CC(C)C[C@@H]1NC(=O)[C@@H](N(C)C)CCCCCCCN(C)C(=O)CN(C)C1=O. The number of rotatable bonds is 3. The molecule has 0 bridgehead atoms. The highest BCUT2D eigenvalue weighted by Gasteiger charge is 2.30. The molecule has 1 rings (SSSR count). The van der Waals surface area contributed by atoms with Crippen LogP contribution in [0.3, 0.4) is 0 Å². The zero-order valence-electron chi connectivity index (χ0n) is 18.7. The second kappa shape index (κ2) is 12.0. The Balaban J connectivity index is 3.00. The fraction of sp³-hybridized carbons (Fsp3) is 0.857. The van der Waals surface area contributed by atoms with Gasteiger partial charge in [-0.2, -0.15) is 0 Å². The standard InChI is InChI=1S/C21H40N4O3/c1-16(2)14-17-21(28)25(6)15-19(26)24(5)13-11-9-7-8-10-12-18(23(3)4)20(27)22-17/h16-18H,7-15H2,1-6H3,(H,22,27)/t17-,18-/m0/s1. The molecule has 0 radical (unpaired) electrons. The predicted molar refractivity (Wildman–Crippen MR) is 112 cm³/mol. The van der Waals surface area contributed by atoms with E-state index in [1.54, 1.807) is 19.0 Å². The van der Waals surface area contributed by atoms with Crippen LogP contribution < -0.4 is 5.32 Å². The van der Waals surface area contributed by atoms with Crippen LogP contribution in [0.2, 0.25) is 0 Å². The van der Waals surface area contributed by atoms with Gasteiger partial charge in [0.25, 0.3) is 0 Å². The summed E-state index contributed by atoms with van der Waals surface area (Å²) >= 11 is 0. The van der Waals surface area contributed by atoms with E-state index in [-0.39, 0.29) is 36.2 Å². The molecule has 0 saturated carbocycles. The molecule has 1 fully saturated rings. The molecular weight excluding hydrogens is 356 g/mol. The Morgan fingerprint density at radius 3 is 2.21 bits per heavy atom. The van der Waals surface area contributed by atoms with Crippen molar-refractivity contribution >= 4 is 17.7 Å². The highest BCUT2D eigenvalue weighted by molar-refractivity contribution is 5.91. The number of carbonyl (C=O) groups excluding carboxylic acids is 3. The molecule has 1 saturated heterocycles. The minimum atomic E-state index is -0.606. The molecule has 162 valence electrons. The second-order valence-electron chi connectivity index (χ2n) is 8.74. The maximum Gasteiger partial charge on any atom is 0.245 e. The van der Waals surface area contributed by atoms with Crippen molar-refractivity contribution in [2.45, 2.75) is 70.9 Å². The van der Waals surface area contributed by atoms with Gasteiger partial charge in [-0.15, -0.1) is 0 Å². The van der Waals surface area contributed by atoms with Gasteiger partial charge in [-0.05, 0) is 39.3 Å². The van der Waals surface area contributed by atoms with Crippen molar-refractivity contribution in [3.8, 4) is 0 Å². The predicted octanol–water partition coefficient (Wildman–Crippen LogP) is 1.72. The number of hydrogen-bond donors (Lipinski definition) is 1. The highest BCUT2D eigenvalue weighted by Crippen LogP contribution is 2.14. The molecule has 1 N–H and O–H groups in total. The van der Waals surface area contributed by atoms with E-state index in [9.17, 15) is 14.4 Å². The van der Waals surface area contributed by atoms with Gasteiger partial charge in [-0.25, -0.2) is 0 Å². The van der Waals surface area contributed by atoms with Crippen molar-refractivity contribution in [1.82, 2.24) is 20.0 Å². The summed E-state index contributed by atoms with van der Waals surface area (Å²) in [4.78, 5) is 43.4. The number of carbonyl (C=O) groups is 3. The van der Waals surface area contributed by atoms with E-state index in [4.69, 9.17) is 0 Å². The van der Waals surface area contributed by atoms with E-state index in [2.05, 4.69) is 5.32 Å². The summed E-state index contributed by atoms with van der Waals surface area (Å²) in [6, 6.07) is -0.848. The van der Waals surface area contributed by atoms with Crippen molar-refractivity contribution < 1.29 is 14.4 Å². The van der Waals surface area contributed by atoms with Crippen molar-refractivity contribution in [2.24, 2.45) is 5.92 Å². The van der Waals surface area contributed by atoms with Crippen LogP contribution in [-0.4, -0.2) is 85.8 Å². The third kappa shape index (κ3) is 8.17. The van der Waals surface area contributed by atoms with Crippen LogP contribution in [0.15, 0.2) is 0 Å². The molecule has 1 aliphatic heterocycles. The van der Waals surface area contributed by atoms with Crippen LogP contribution >= 0.6 is 0 Å². The molecule has 2 atom stereocenters. The largest absolute Gasteiger partial charge is 0.344 e. The van der Waals surface area contributed by atoms with E-state index in [1.165, 1.54) is 4.90 Å². The zero-order chi connectivity index (χ0) is 21.3. The van der Waals surface area contributed by atoms with Crippen molar-refractivity contribution in [1.29, 1.82) is 0 Å². The first-order valence-electron chi connectivity index (χ1n) is 10.6. The van der Waals surface area contributed by atoms with Crippen LogP contribution in [0.25, 0.3) is 0 Å². The molecule has 1 aliphatic rings. The fourth-order valence-electron chi connectivity index (χ4n) is 3.59. The maximum atomic E-state index is 13.0. The molecule has 0 aliphatic carbocycles. The topological polar surface area (TPSA) is 73.0 Å². The van der Waals surface area contributed by atoms with Crippen LogP contribution in [0.5, 0.6) is 0 Å². The Bertz CT molecular complexity index is 522. The van der Waals surface area contributed by atoms with Crippen LogP contribution in [0.1, 0.15) is 58.8 Å². The number of nitrogens with zero attached hydrogens (tertiary/aromatic N) is 3. The fourth-order valence-corrected chi connectivity index (χ4v) is 3.59. The summed E-state index contributed by atoms with van der Waals surface area (Å²) in [6.45, 7) is 4.81. The Kier molecular flexibility index (Phi) is 10.5. The van der Waals surface area contributed by atoms with Crippen molar-refractivity contribution in [2.75, 3.05) is 41.3 Å². The first-order valence-corrected chi connectivity index (χ1v) is 10.6. The quantitative estimate of drug-likeness (QED) is 0.788. The van der Waals surface area contributed by atoms with Crippen LogP contribution in [0, 0.1) is 5.92 Å². The van der Waals surface area contributed by atoms with Gasteiger partial charge < -0.3 is 15.1 Å². The van der Waals surface area contributed by atoms with E-state index in [1.807, 2.05) is 32.8 Å². The normalized spacial score (nSPS) is 24.8. The van der Waals surface area contributed by atoms with E-state index in [0.29, 0.717) is 13.0 Å². The molecule has 0 unspecified atom stereocenters. The lowest BCUT2D eigenvalue weighted by Crippen LogP contribution is -2.54. The molecule has 28 heavy (non-hydrogen) atoms. The monoisotopic (exact) mass is 396 g/mol. The molecule has 7 nitrogen and oxygen atoms in total. The second-order valence-corrected chi connectivity index (χ2v) is 8.74. The number of nitrogens with one attached hydrogen (secondary N) is 1. The summed E-state index contributed by atoms with van der Waals surface area (Å²) in [5.41, 5.74) is 0. The van der Waals surface area contributed by atoms with Gasteiger partial charge >= 0.3 is 0 Å². The van der Waals surface area contributed by atoms with Gasteiger partial charge in [-0.1, -0.05) is 39.5 Å². The van der Waals surface area contributed by atoms with Gasteiger partial charge in [0.15, 0.2) is 0 Å². The average Bonchev–Trinajstić information content (AvgIpc) is 2.60. The third-order valence-corrected chi connectivity index (χ3v) is 5.39. The Labute approximate surface area is 170 Å². The molecule has 0 spiro atoms. The summed E-state index contributed by atoms with van der Waals surface area (Å²) in [6.07, 6.45) is 6.54. The number of amides is 3. The maximum absolute atomic E-state index is 13.0. The van der Waals surface area contributed by atoms with Gasteiger partial charge in [0.1, 0.15) is 6.04 Å². The van der Waals surface area contributed by atoms with Gasteiger partial charge in [0.05, 0.1) is 12.6 Å². The third-order valence-electron chi connectivity index (χ3n) is 5.39. The van der Waals surface area contributed by atoms with Crippen LogP contribution in [0.4, 0.5) is 0 Å². The van der Waals surface area contributed by atoms with E-state index < -0.39 is 6.04 Å². The first kappa shape index (κ1) is 24.4. The molecule has 0 aromatic heterocycles. The zero-order valence-corrected chi connectivity index (χ0v) is 18.7. The number of hydrogen-bond acceptors (Lipinski definition) is 4. The molecule has 3 amide bonds. The van der Waals surface area contributed by atoms with Crippen LogP contribution in [-0.2, 0) is 14.4 Å². The summed E-state index contributed by atoms with van der Waals surface area (Å²) in [5.74, 6) is -0.116.